The predicted molar refractivity (Wildman–Crippen MR) is 88.9 cm³/mol. The highest BCUT2D eigenvalue weighted by atomic mass is 16.5. The van der Waals surface area contributed by atoms with Crippen LogP contribution in [0, 0.1) is 12.8 Å². The van der Waals surface area contributed by atoms with Gasteiger partial charge in [0.05, 0.1) is 18.1 Å². The van der Waals surface area contributed by atoms with Crippen molar-refractivity contribution in [2.75, 3.05) is 6.61 Å². The minimum atomic E-state index is -1.32. The Morgan fingerprint density at radius 3 is 2.62 bits per heavy atom. The van der Waals surface area contributed by atoms with Crippen LogP contribution in [-0.2, 0) is 16.0 Å². The molecule has 1 aromatic heterocycles. The lowest BCUT2D eigenvalue weighted by Gasteiger charge is -2.40. The Morgan fingerprint density at radius 1 is 1.33 bits per heavy atom. The molecule has 24 heavy (non-hydrogen) atoms. The Morgan fingerprint density at radius 2 is 2.00 bits per heavy atom. The number of carbonyl (C=O) groups is 1. The number of nitrogens with one attached hydrogen (secondary N) is 2. The molecule has 0 saturated carbocycles. The van der Waals surface area contributed by atoms with Crippen molar-refractivity contribution in [2.45, 2.75) is 38.7 Å². The van der Waals surface area contributed by atoms with Crippen LogP contribution in [0.3, 0.4) is 0 Å². The molecule has 1 aromatic carbocycles. The molecule has 1 aliphatic carbocycles. The zero-order valence-corrected chi connectivity index (χ0v) is 14.1. The summed E-state index contributed by atoms with van der Waals surface area (Å²) < 4.78 is 5.20. The molecule has 128 valence electrons. The normalized spacial score (nSPS) is 26.0. The Kier molecular flexibility index (Phi) is 4.09. The van der Waals surface area contributed by atoms with Crippen LogP contribution in [0.15, 0.2) is 29.1 Å². The molecule has 0 amide bonds. The average molecular weight is 330 g/mol. The lowest BCUT2D eigenvalue weighted by atomic mass is 9.66. The van der Waals surface area contributed by atoms with Gasteiger partial charge in [-0.25, -0.2) is 0 Å². The van der Waals surface area contributed by atoms with E-state index in [1.165, 1.54) is 0 Å². The number of H-pyrrole nitrogens is 2. The summed E-state index contributed by atoms with van der Waals surface area (Å²) in [6, 6.07) is 7.65. The van der Waals surface area contributed by atoms with Gasteiger partial charge in [-0.1, -0.05) is 29.8 Å². The topological polar surface area (TPSA) is 95.2 Å². The van der Waals surface area contributed by atoms with E-state index in [1.54, 1.807) is 13.8 Å². The maximum atomic E-state index is 12.6. The number of fused-ring (bicyclic) bond motifs is 1. The Bertz CT molecular complexity index is 801. The molecular weight excluding hydrogens is 308 g/mol. The van der Waals surface area contributed by atoms with Gasteiger partial charge in [0.2, 0.25) is 0 Å². The largest absolute Gasteiger partial charge is 0.466 e. The maximum absolute atomic E-state index is 12.6. The van der Waals surface area contributed by atoms with Crippen LogP contribution in [0.4, 0.5) is 0 Å². The number of benzene rings is 1. The van der Waals surface area contributed by atoms with Crippen molar-refractivity contribution in [1.82, 2.24) is 10.2 Å². The minimum absolute atomic E-state index is 0.187. The molecule has 6 heteroatoms. The summed E-state index contributed by atoms with van der Waals surface area (Å²) in [7, 11) is 0. The average Bonchev–Trinajstić information content (AvgIpc) is 2.86. The van der Waals surface area contributed by atoms with E-state index in [9.17, 15) is 14.7 Å². The van der Waals surface area contributed by atoms with Crippen LogP contribution in [0.25, 0.3) is 0 Å². The second-order valence-corrected chi connectivity index (χ2v) is 6.62. The molecule has 0 saturated heterocycles. The number of hydrogen-bond donors (Lipinski definition) is 3. The van der Waals surface area contributed by atoms with E-state index in [1.807, 2.05) is 31.2 Å². The van der Waals surface area contributed by atoms with Gasteiger partial charge in [-0.2, -0.15) is 0 Å². The third-order valence-corrected chi connectivity index (χ3v) is 4.72. The summed E-state index contributed by atoms with van der Waals surface area (Å²) in [4.78, 5) is 24.9. The van der Waals surface area contributed by atoms with Gasteiger partial charge in [-0.3, -0.25) is 14.7 Å². The van der Waals surface area contributed by atoms with E-state index in [4.69, 9.17) is 4.74 Å². The van der Waals surface area contributed by atoms with Gasteiger partial charge in [0.15, 0.2) is 0 Å². The van der Waals surface area contributed by atoms with Gasteiger partial charge >= 0.3 is 5.97 Å². The first-order valence-electron chi connectivity index (χ1n) is 8.10. The monoisotopic (exact) mass is 330 g/mol. The van der Waals surface area contributed by atoms with Crippen molar-refractivity contribution in [3.05, 3.63) is 57.0 Å². The smallest absolute Gasteiger partial charge is 0.312 e. The highest BCUT2D eigenvalue weighted by Crippen LogP contribution is 2.44. The first kappa shape index (κ1) is 16.5. The van der Waals surface area contributed by atoms with Gasteiger partial charge in [-0.05, 0) is 26.3 Å². The van der Waals surface area contributed by atoms with Crippen LogP contribution in [0.2, 0.25) is 0 Å². The molecule has 0 radical (unpaired) electrons. The fourth-order valence-electron chi connectivity index (χ4n) is 3.62. The quantitative estimate of drug-likeness (QED) is 0.746. The lowest BCUT2D eigenvalue weighted by molar-refractivity contribution is -0.159. The SMILES string of the molecule is CCOC(=O)[C@@H]1[C@H](c2ccc(C)cc2)c2c([nH][nH]c2=O)C[C@@]1(C)O. The van der Waals surface area contributed by atoms with Crippen LogP contribution in [0.5, 0.6) is 0 Å². The fourth-order valence-corrected chi connectivity index (χ4v) is 3.62. The van der Waals surface area contributed by atoms with Crippen molar-refractivity contribution >= 4 is 5.97 Å². The summed E-state index contributed by atoms with van der Waals surface area (Å²) in [6.07, 6.45) is 0.187. The molecule has 2 aromatic rings. The van der Waals surface area contributed by atoms with E-state index in [0.717, 1.165) is 11.1 Å². The maximum Gasteiger partial charge on any atom is 0.312 e. The second kappa shape index (κ2) is 5.94. The third-order valence-electron chi connectivity index (χ3n) is 4.72. The first-order chi connectivity index (χ1) is 11.3. The van der Waals surface area contributed by atoms with E-state index in [2.05, 4.69) is 10.2 Å². The zero-order chi connectivity index (χ0) is 17.5. The van der Waals surface area contributed by atoms with Gasteiger partial charge in [-0.15, -0.1) is 0 Å². The molecular formula is C18H22N2O4. The number of hydrogen-bond acceptors (Lipinski definition) is 4. The summed E-state index contributed by atoms with van der Waals surface area (Å²) in [6.45, 7) is 5.54. The number of ether oxygens (including phenoxy) is 1. The van der Waals surface area contributed by atoms with Crippen LogP contribution >= 0.6 is 0 Å². The molecule has 0 fully saturated rings. The summed E-state index contributed by atoms with van der Waals surface area (Å²) in [5, 5.41) is 16.3. The number of aryl methyl sites for hydroxylation is 1. The van der Waals surface area contributed by atoms with Crippen LogP contribution in [0.1, 0.15) is 42.1 Å². The zero-order valence-electron chi connectivity index (χ0n) is 14.1. The van der Waals surface area contributed by atoms with E-state index < -0.39 is 23.4 Å². The molecule has 1 heterocycles. The van der Waals surface area contributed by atoms with Crippen molar-refractivity contribution < 1.29 is 14.6 Å². The number of aliphatic hydroxyl groups is 1. The molecule has 0 bridgehead atoms. The number of aromatic amines is 2. The highest BCUT2D eigenvalue weighted by Gasteiger charge is 2.51. The minimum Gasteiger partial charge on any atom is -0.466 e. The second-order valence-electron chi connectivity index (χ2n) is 6.62. The lowest BCUT2D eigenvalue weighted by Crippen LogP contribution is -2.50. The van der Waals surface area contributed by atoms with Crippen LogP contribution in [-0.4, -0.2) is 33.5 Å². The molecule has 0 unspecified atom stereocenters. The highest BCUT2D eigenvalue weighted by molar-refractivity contribution is 5.77. The van der Waals surface area contributed by atoms with Gasteiger partial charge in [0, 0.05) is 23.6 Å². The van der Waals surface area contributed by atoms with Gasteiger partial charge < -0.3 is 14.9 Å². The third kappa shape index (κ3) is 2.67. The number of rotatable bonds is 3. The van der Waals surface area contributed by atoms with Crippen molar-refractivity contribution in [3.63, 3.8) is 0 Å². The number of carbonyl (C=O) groups excluding carboxylic acids is 1. The van der Waals surface area contributed by atoms with Gasteiger partial charge in [0.1, 0.15) is 0 Å². The Hall–Kier alpha value is -2.34. The number of aromatic nitrogens is 2. The van der Waals surface area contributed by atoms with Crippen molar-refractivity contribution in [2.24, 2.45) is 5.92 Å². The van der Waals surface area contributed by atoms with Gasteiger partial charge in [0.25, 0.3) is 5.56 Å². The molecule has 3 rings (SSSR count). The molecule has 6 nitrogen and oxygen atoms in total. The molecule has 3 atom stereocenters. The predicted octanol–water partition coefficient (Wildman–Crippen LogP) is 1.63. The van der Waals surface area contributed by atoms with Crippen LogP contribution < -0.4 is 5.56 Å². The summed E-state index contributed by atoms with van der Waals surface area (Å²) >= 11 is 0. The van der Waals surface area contributed by atoms with Crippen molar-refractivity contribution in [1.29, 1.82) is 0 Å². The standard InChI is InChI=1S/C18H22N2O4/c1-4-24-17(22)15-13(11-7-5-10(2)6-8-11)14-12(9-18(15,3)23)19-20-16(14)21/h5-8,13,15,23H,4,9H2,1-3H3,(H2,19,20,21)/t13-,15+,18-/m1/s1. The molecule has 0 spiro atoms. The fraction of sp³-hybridized carbons (Fsp3) is 0.444. The van der Waals surface area contributed by atoms with E-state index >= 15 is 0 Å². The van der Waals surface area contributed by atoms with E-state index in [0.29, 0.717) is 11.3 Å². The van der Waals surface area contributed by atoms with E-state index in [-0.39, 0.29) is 18.6 Å². The Labute approximate surface area is 139 Å². The summed E-state index contributed by atoms with van der Waals surface area (Å²) in [5.41, 5.74) is 1.45. The summed E-state index contributed by atoms with van der Waals surface area (Å²) in [5.74, 6) is -1.89. The molecule has 3 N–H and O–H groups in total. The molecule has 1 aliphatic rings. The Balaban J connectivity index is 2.20. The molecule has 0 aliphatic heterocycles. The first-order valence-corrected chi connectivity index (χ1v) is 8.10. The number of esters is 1. The van der Waals surface area contributed by atoms with Crippen molar-refractivity contribution in [3.8, 4) is 0 Å².